The number of carbonyl (C=O) groups excluding carboxylic acids is 2. The van der Waals surface area contributed by atoms with E-state index in [1.807, 2.05) is 0 Å². The van der Waals surface area contributed by atoms with Gasteiger partial charge in [-0.25, -0.2) is 10.2 Å². The van der Waals surface area contributed by atoms with Gasteiger partial charge in [-0.2, -0.15) is 18.3 Å². The molecule has 45 heavy (non-hydrogen) atoms. The van der Waals surface area contributed by atoms with Gasteiger partial charge in [0.1, 0.15) is 11.5 Å². The summed E-state index contributed by atoms with van der Waals surface area (Å²) in [7, 11) is 1.41. The Bertz CT molecular complexity index is 1950. The second-order valence-corrected chi connectivity index (χ2v) is 9.22. The number of rotatable bonds is 9. The average molecular weight is 622 g/mol. The van der Waals surface area contributed by atoms with Crippen LogP contribution >= 0.6 is 0 Å². The van der Waals surface area contributed by atoms with Crippen molar-refractivity contribution in [2.45, 2.75) is 6.18 Å². The Labute approximate surface area is 251 Å². The van der Waals surface area contributed by atoms with Crippen molar-refractivity contribution in [1.29, 1.82) is 0 Å². The summed E-state index contributed by atoms with van der Waals surface area (Å²) in [6, 6.07) is 16.4. The summed E-state index contributed by atoms with van der Waals surface area (Å²) < 4.78 is 58.1. The minimum atomic E-state index is -4.68. The lowest BCUT2D eigenvalue weighted by atomic mass is 10.1. The maximum Gasteiger partial charge on any atom is 0.418 e. The Morgan fingerprint density at radius 2 is 1.73 bits per heavy atom. The van der Waals surface area contributed by atoms with E-state index < -0.39 is 41.3 Å². The standard InChI is InChI=1S/C30H22F3N5O7/c1-43-25-14-19-21(15-26(25)44-16-27(40)37-42)34-12-10-24(19)45-18-8-6-17(7-9-18)35-29(41)28-23(39)11-13-38(36-28)22-5-3-2-4-20(22)30(31,32)33/h2-15,42H,16H2,1H3,(H,35,41)(H,37,40). The largest absolute Gasteiger partial charge is 0.493 e. The van der Waals surface area contributed by atoms with Crippen LogP contribution in [0.4, 0.5) is 18.9 Å². The fraction of sp³-hybridized carbons (Fsp3) is 0.100. The van der Waals surface area contributed by atoms with Crippen molar-refractivity contribution in [1.82, 2.24) is 20.2 Å². The van der Waals surface area contributed by atoms with E-state index in [0.717, 1.165) is 23.0 Å². The van der Waals surface area contributed by atoms with Crippen molar-refractivity contribution >= 4 is 28.4 Å². The lowest BCUT2D eigenvalue weighted by Gasteiger charge is -2.14. The molecule has 2 amide bonds. The fourth-order valence-electron chi connectivity index (χ4n) is 4.20. The molecule has 230 valence electrons. The third-order valence-corrected chi connectivity index (χ3v) is 6.29. The number of aromatic nitrogens is 3. The number of hydroxylamine groups is 1. The molecule has 0 aliphatic rings. The number of ether oxygens (including phenoxy) is 3. The van der Waals surface area contributed by atoms with E-state index in [1.54, 1.807) is 24.3 Å². The minimum Gasteiger partial charge on any atom is -0.493 e. The van der Waals surface area contributed by atoms with Crippen LogP contribution in [0.2, 0.25) is 0 Å². The van der Waals surface area contributed by atoms with Crippen molar-refractivity contribution in [3.05, 3.63) is 107 Å². The van der Waals surface area contributed by atoms with Crippen LogP contribution in [0.3, 0.4) is 0 Å². The summed E-state index contributed by atoms with van der Waals surface area (Å²) >= 11 is 0. The van der Waals surface area contributed by atoms with E-state index in [9.17, 15) is 27.6 Å². The molecule has 0 bridgehead atoms. The Morgan fingerprint density at radius 3 is 2.44 bits per heavy atom. The molecule has 12 nitrogen and oxygen atoms in total. The van der Waals surface area contributed by atoms with Gasteiger partial charge in [0.05, 0.1) is 23.9 Å². The molecule has 0 spiro atoms. The van der Waals surface area contributed by atoms with Gasteiger partial charge >= 0.3 is 6.18 Å². The number of nitrogens with one attached hydrogen (secondary N) is 2. The van der Waals surface area contributed by atoms with Gasteiger partial charge in [-0.1, -0.05) is 12.1 Å². The van der Waals surface area contributed by atoms with Crippen LogP contribution < -0.4 is 30.4 Å². The predicted molar refractivity (Wildman–Crippen MR) is 153 cm³/mol. The smallest absolute Gasteiger partial charge is 0.418 e. The van der Waals surface area contributed by atoms with E-state index in [-0.39, 0.29) is 22.9 Å². The van der Waals surface area contributed by atoms with Crippen molar-refractivity contribution in [3.63, 3.8) is 0 Å². The minimum absolute atomic E-state index is 0.211. The Hall–Kier alpha value is -5.96. The van der Waals surface area contributed by atoms with Gasteiger partial charge in [0.15, 0.2) is 23.8 Å². The first-order valence-electron chi connectivity index (χ1n) is 13.0. The normalized spacial score (nSPS) is 11.1. The van der Waals surface area contributed by atoms with Gasteiger partial charge in [-0.3, -0.25) is 24.6 Å². The van der Waals surface area contributed by atoms with E-state index in [1.165, 1.54) is 55.2 Å². The van der Waals surface area contributed by atoms with Gasteiger partial charge in [-0.15, -0.1) is 0 Å². The number of carbonyl (C=O) groups is 2. The molecule has 2 aromatic heterocycles. The highest BCUT2D eigenvalue weighted by Gasteiger charge is 2.34. The number of methoxy groups -OCH3 is 1. The maximum absolute atomic E-state index is 13.5. The number of para-hydroxylation sites is 1. The van der Waals surface area contributed by atoms with Crippen LogP contribution in [0, 0.1) is 0 Å². The SMILES string of the molecule is COc1cc2c(Oc3ccc(NC(=O)c4nn(-c5ccccc5C(F)(F)F)ccc4=O)cc3)ccnc2cc1OCC(=O)NO. The zero-order valence-corrected chi connectivity index (χ0v) is 23.2. The molecule has 0 fully saturated rings. The third kappa shape index (κ3) is 6.83. The first kappa shape index (κ1) is 30.5. The van der Waals surface area contributed by atoms with E-state index >= 15 is 0 Å². The highest BCUT2D eigenvalue weighted by Crippen LogP contribution is 2.37. The van der Waals surface area contributed by atoms with Crippen LogP contribution in [-0.4, -0.2) is 45.5 Å². The quantitative estimate of drug-likeness (QED) is 0.156. The van der Waals surface area contributed by atoms with Crippen LogP contribution in [0.1, 0.15) is 16.1 Å². The van der Waals surface area contributed by atoms with Crippen molar-refractivity contribution < 1.29 is 42.2 Å². The molecule has 0 saturated carbocycles. The van der Waals surface area contributed by atoms with Gasteiger partial charge < -0.3 is 19.5 Å². The predicted octanol–water partition coefficient (Wildman–Crippen LogP) is 4.74. The second-order valence-electron chi connectivity index (χ2n) is 9.22. The average Bonchev–Trinajstić information content (AvgIpc) is 3.04. The molecular weight excluding hydrogens is 599 g/mol. The van der Waals surface area contributed by atoms with E-state index in [0.29, 0.717) is 22.4 Å². The molecule has 0 radical (unpaired) electrons. The van der Waals surface area contributed by atoms with Crippen LogP contribution in [0.25, 0.3) is 16.6 Å². The molecule has 0 aliphatic heterocycles. The molecule has 3 aromatic carbocycles. The van der Waals surface area contributed by atoms with Gasteiger partial charge in [0.25, 0.3) is 11.8 Å². The molecule has 0 saturated heterocycles. The number of hydrogen-bond acceptors (Lipinski definition) is 9. The van der Waals surface area contributed by atoms with Crippen LogP contribution in [0.15, 0.2) is 90.0 Å². The third-order valence-electron chi connectivity index (χ3n) is 6.29. The Balaban J connectivity index is 1.34. The first-order chi connectivity index (χ1) is 21.6. The molecule has 15 heteroatoms. The summed E-state index contributed by atoms with van der Waals surface area (Å²) in [6.45, 7) is -0.458. The van der Waals surface area contributed by atoms with E-state index in [4.69, 9.17) is 19.4 Å². The molecule has 0 unspecified atom stereocenters. The summed E-state index contributed by atoms with van der Waals surface area (Å²) in [4.78, 5) is 40.9. The Morgan fingerprint density at radius 1 is 0.978 bits per heavy atom. The number of halogens is 3. The number of alkyl halides is 3. The van der Waals surface area contributed by atoms with Gasteiger partial charge in [0, 0.05) is 35.6 Å². The number of pyridine rings is 1. The zero-order chi connectivity index (χ0) is 32.1. The molecule has 0 atom stereocenters. The summed E-state index contributed by atoms with van der Waals surface area (Å²) in [6.07, 6.45) is -2.13. The lowest BCUT2D eigenvalue weighted by molar-refractivity contribution is -0.137. The molecule has 3 N–H and O–H groups in total. The van der Waals surface area contributed by atoms with Crippen LogP contribution in [0.5, 0.6) is 23.0 Å². The number of hydrogen-bond donors (Lipinski definition) is 3. The highest BCUT2D eigenvalue weighted by atomic mass is 19.4. The van der Waals surface area contributed by atoms with Gasteiger partial charge in [0.2, 0.25) is 5.43 Å². The number of nitrogens with zero attached hydrogens (tertiary/aromatic N) is 3. The monoisotopic (exact) mass is 621 g/mol. The number of amides is 2. The van der Waals surface area contributed by atoms with Crippen LogP contribution in [-0.2, 0) is 11.0 Å². The molecule has 5 rings (SSSR count). The number of anilines is 1. The van der Waals surface area contributed by atoms with Crippen molar-refractivity contribution in [2.24, 2.45) is 0 Å². The zero-order valence-electron chi connectivity index (χ0n) is 23.2. The molecule has 5 aromatic rings. The summed E-state index contributed by atoms with van der Waals surface area (Å²) in [5.74, 6) is -0.437. The fourth-order valence-corrected chi connectivity index (χ4v) is 4.20. The highest BCUT2D eigenvalue weighted by molar-refractivity contribution is 6.02. The summed E-state index contributed by atoms with van der Waals surface area (Å²) in [5.41, 5.74) is -0.530. The van der Waals surface area contributed by atoms with Crippen molar-refractivity contribution in [3.8, 4) is 28.7 Å². The summed E-state index contributed by atoms with van der Waals surface area (Å²) in [5, 5.41) is 15.6. The Kier molecular flexibility index (Phi) is 8.62. The second kappa shape index (κ2) is 12.7. The lowest BCUT2D eigenvalue weighted by Crippen LogP contribution is -2.26. The first-order valence-corrected chi connectivity index (χ1v) is 13.0. The molecule has 0 aliphatic carbocycles. The topological polar surface area (TPSA) is 154 Å². The number of benzene rings is 3. The molecule has 2 heterocycles. The van der Waals surface area contributed by atoms with Gasteiger partial charge in [-0.05, 0) is 48.5 Å². The van der Waals surface area contributed by atoms with Crippen molar-refractivity contribution in [2.75, 3.05) is 19.0 Å². The van der Waals surface area contributed by atoms with E-state index in [2.05, 4.69) is 15.4 Å². The number of fused-ring (bicyclic) bond motifs is 1. The molecular formula is C30H22F3N5O7. The maximum atomic E-state index is 13.5.